The Kier molecular flexibility index (Phi) is 6.73. The van der Waals surface area contributed by atoms with Gasteiger partial charge in [-0.1, -0.05) is 45.0 Å². The number of hydrogen-bond acceptors (Lipinski definition) is 2. The first kappa shape index (κ1) is 16.7. The smallest absolute Gasteiger partial charge is 0.220 e. The summed E-state index contributed by atoms with van der Waals surface area (Å²) in [5.41, 5.74) is 8.25. The molecule has 112 valence electrons. The second kappa shape index (κ2) is 8.05. The summed E-state index contributed by atoms with van der Waals surface area (Å²) in [5, 5.41) is 2.79. The van der Waals surface area contributed by atoms with E-state index in [0.717, 1.165) is 19.3 Å². The number of hydrogen-bond donors (Lipinski definition) is 2. The van der Waals surface area contributed by atoms with Gasteiger partial charge in [-0.2, -0.15) is 0 Å². The molecule has 1 rings (SSSR count). The van der Waals surface area contributed by atoms with Crippen LogP contribution in [0, 0.1) is 0 Å². The van der Waals surface area contributed by atoms with Crippen LogP contribution in [0.25, 0.3) is 0 Å². The molecule has 0 aromatic heterocycles. The van der Waals surface area contributed by atoms with E-state index < -0.39 is 0 Å². The summed E-state index contributed by atoms with van der Waals surface area (Å²) < 4.78 is 0. The van der Waals surface area contributed by atoms with Crippen molar-refractivity contribution in [2.24, 2.45) is 5.73 Å². The van der Waals surface area contributed by atoms with E-state index in [2.05, 4.69) is 50.4 Å². The van der Waals surface area contributed by atoms with E-state index in [-0.39, 0.29) is 11.3 Å². The van der Waals surface area contributed by atoms with Gasteiger partial charge in [0.15, 0.2) is 0 Å². The Bertz CT molecular complexity index is 404. The van der Waals surface area contributed by atoms with Crippen LogP contribution >= 0.6 is 0 Å². The Balaban J connectivity index is 2.27. The first-order valence-corrected chi connectivity index (χ1v) is 7.49. The first-order chi connectivity index (χ1) is 9.43. The molecular weight excluding hydrogens is 248 g/mol. The van der Waals surface area contributed by atoms with E-state index in [0.29, 0.717) is 19.5 Å². The minimum atomic E-state index is 0.110. The van der Waals surface area contributed by atoms with Crippen molar-refractivity contribution in [3.63, 3.8) is 0 Å². The van der Waals surface area contributed by atoms with Crippen LogP contribution in [0.15, 0.2) is 24.3 Å². The Morgan fingerprint density at radius 3 is 2.35 bits per heavy atom. The molecular formula is C17H28N2O. The van der Waals surface area contributed by atoms with E-state index in [4.69, 9.17) is 5.73 Å². The molecule has 20 heavy (non-hydrogen) atoms. The number of nitrogens with one attached hydrogen (secondary N) is 1. The lowest BCUT2D eigenvalue weighted by Gasteiger charge is -2.19. The number of nitrogens with two attached hydrogens (primary N) is 1. The molecule has 1 aromatic carbocycles. The highest BCUT2D eigenvalue weighted by atomic mass is 16.1. The maximum absolute atomic E-state index is 11.4. The molecule has 0 radical (unpaired) electrons. The van der Waals surface area contributed by atoms with Crippen molar-refractivity contribution in [2.45, 2.75) is 51.9 Å². The molecule has 3 N–H and O–H groups in total. The SMILES string of the molecule is CC(C)(C)c1ccc(CCCCC(=O)NCCN)cc1. The van der Waals surface area contributed by atoms with Crippen LogP contribution < -0.4 is 11.1 Å². The summed E-state index contributed by atoms with van der Waals surface area (Å²) in [6.07, 6.45) is 3.61. The van der Waals surface area contributed by atoms with Crippen LogP contribution in [0.4, 0.5) is 0 Å². The highest BCUT2D eigenvalue weighted by molar-refractivity contribution is 5.75. The van der Waals surface area contributed by atoms with Gasteiger partial charge in [-0.05, 0) is 35.8 Å². The summed E-state index contributed by atoms with van der Waals surface area (Å²) >= 11 is 0. The summed E-state index contributed by atoms with van der Waals surface area (Å²) in [6.45, 7) is 7.75. The largest absolute Gasteiger partial charge is 0.355 e. The van der Waals surface area contributed by atoms with Gasteiger partial charge in [0, 0.05) is 19.5 Å². The Labute approximate surface area is 122 Å². The average Bonchev–Trinajstić information content (AvgIpc) is 2.41. The number of rotatable bonds is 7. The summed E-state index contributed by atoms with van der Waals surface area (Å²) in [7, 11) is 0. The molecule has 1 aromatic rings. The molecule has 0 fully saturated rings. The topological polar surface area (TPSA) is 55.1 Å². The minimum Gasteiger partial charge on any atom is -0.355 e. The quantitative estimate of drug-likeness (QED) is 0.752. The third-order valence-corrected chi connectivity index (χ3v) is 3.41. The van der Waals surface area contributed by atoms with Crippen molar-refractivity contribution in [1.29, 1.82) is 0 Å². The molecule has 1 amide bonds. The van der Waals surface area contributed by atoms with E-state index in [1.165, 1.54) is 11.1 Å². The lowest BCUT2D eigenvalue weighted by atomic mass is 9.86. The van der Waals surface area contributed by atoms with Gasteiger partial charge in [0.25, 0.3) is 0 Å². The number of aryl methyl sites for hydroxylation is 1. The van der Waals surface area contributed by atoms with Gasteiger partial charge in [-0.15, -0.1) is 0 Å². The van der Waals surface area contributed by atoms with Gasteiger partial charge in [0.2, 0.25) is 5.91 Å². The minimum absolute atomic E-state index is 0.110. The van der Waals surface area contributed by atoms with Crippen LogP contribution in [-0.2, 0) is 16.6 Å². The monoisotopic (exact) mass is 276 g/mol. The van der Waals surface area contributed by atoms with Crippen molar-refractivity contribution in [1.82, 2.24) is 5.32 Å². The van der Waals surface area contributed by atoms with Crippen molar-refractivity contribution in [2.75, 3.05) is 13.1 Å². The van der Waals surface area contributed by atoms with Crippen molar-refractivity contribution < 1.29 is 4.79 Å². The van der Waals surface area contributed by atoms with Gasteiger partial charge in [0.1, 0.15) is 0 Å². The molecule has 0 aliphatic heterocycles. The van der Waals surface area contributed by atoms with E-state index in [1.54, 1.807) is 0 Å². The molecule has 0 unspecified atom stereocenters. The third-order valence-electron chi connectivity index (χ3n) is 3.41. The third kappa shape index (κ3) is 6.20. The molecule has 0 saturated carbocycles. The molecule has 3 nitrogen and oxygen atoms in total. The predicted octanol–water partition coefficient (Wildman–Crippen LogP) is 2.77. The van der Waals surface area contributed by atoms with Gasteiger partial charge in [-0.25, -0.2) is 0 Å². The Morgan fingerprint density at radius 2 is 1.80 bits per heavy atom. The van der Waals surface area contributed by atoms with E-state index >= 15 is 0 Å². The Morgan fingerprint density at radius 1 is 1.15 bits per heavy atom. The molecule has 0 bridgehead atoms. The molecule has 0 atom stereocenters. The van der Waals surface area contributed by atoms with Gasteiger partial charge >= 0.3 is 0 Å². The fourth-order valence-corrected chi connectivity index (χ4v) is 2.09. The van der Waals surface area contributed by atoms with Gasteiger partial charge in [-0.3, -0.25) is 4.79 Å². The summed E-state index contributed by atoms with van der Waals surface area (Å²) in [6, 6.07) is 8.83. The van der Waals surface area contributed by atoms with E-state index in [1.807, 2.05) is 0 Å². The molecule has 0 aliphatic rings. The van der Waals surface area contributed by atoms with Crippen molar-refractivity contribution >= 4 is 5.91 Å². The zero-order valence-electron chi connectivity index (χ0n) is 13.0. The number of carbonyl (C=O) groups excluding carboxylic acids is 1. The predicted molar refractivity (Wildman–Crippen MR) is 84.8 cm³/mol. The summed E-state index contributed by atoms with van der Waals surface area (Å²) in [5.74, 6) is 0.110. The molecule has 0 spiro atoms. The van der Waals surface area contributed by atoms with Crippen LogP contribution in [0.5, 0.6) is 0 Å². The fraction of sp³-hybridized carbons (Fsp3) is 0.588. The number of carbonyl (C=O) groups is 1. The second-order valence-electron chi connectivity index (χ2n) is 6.29. The molecule has 3 heteroatoms. The standard InChI is InChI=1S/C17H28N2O/c1-17(2,3)15-10-8-14(9-11-15)6-4-5-7-16(20)19-13-12-18/h8-11H,4-7,12-13,18H2,1-3H3,(H,19,20). The normalized spacial score (nSPS) is 11.4. The van der Waals surface area contributed by atoms with Crippen LogP contribution in [-0.4, -0.2) is 19.0 Å². The second-order valence-corrected chi connectivity index (χ2v) is 6.29. The van der Waals surface area contributed by atoms with Crippen LogP contribution in [0.3, 0.4) is 0 Å². The van der Waals surface area contributed by atoms with Crippen molar-refractivity contribution in [3.05, 3.63) is 35.4 Å². The van der Waals surface area contributed by atoms with E-state index in [9.17, 15) is 4.79 Å². The van der Waals surface area contributed by atoms with Crippen LogP contribution in [0.2, 0.25) is 0 Å². The van der Waals surface area contributed by atoms with Gasteiger partial charge in [0.05, 0.1) is 0 Å². The zero-order chi connectivity index (χ0) is 15.0. The molecule has 0 aliphatic carbocycles. The zero-order valence-corrected chi connectivity index (χ0v) is 13.0. The maximum Gasteiger partial charge on any atom is 0.220 e. The highest BCUT2D eigenvalue weighted by Gasteiger charge is 2.12. The first-order valence-electron chi connectivity index (χ1n) is 7.49. The lowest BCUT2D eigenvalue weighted by molar-refractivity contribution is -0.121. The fourth-order valence-electron chi connectivity index (χ4n) is 2.09. The average molecular weight is 276 g/mol. The Hall–Kier alpha value is -1.35. The van der Waals surface area contributed by atoms with Gasteiger partial charge < -0.3 is 11.1 Å². The van der Waals surface area contributed by atoms with Crippen molar-refractivity contribution in [3.8, 4) is 0 Å². The number of unbranched alkanes of at least 4 members (excludes halogenated alkanes) is 1. The molecule has 0 heterocycles. The number of amides is 1. The maximum atomic E-state index is 11.4. The number of benzene rings is 1. The highest BCUT2D eigenvalue weighted by Crippen LogP contribution is 2.22. The van der Waals surface area contributed by atoms with Crippen LogP contribution in [0.1, 0.15) is 51.2 Å². The lowest BCUT2D eigenvalue weighted by Crippen LogP contribution is -2.28. The summed E-state index contributed by atoms with van der Waals surface area (Å²) in [4.78, 5) is 11.4. The molecule has 0 saturated heterocycles.